The van der Waals surface area contributed by atoms with Gasteiger partial charge in [0.2, 0.25) is 0 Å². The average molecular weight is 305 g/mol. The van der Waals surface area contributed by atoms with Gasteiger partial charge < -0.3 is 21.6 Å². The summed E-state index contributed by atoms with van der Waals surface area (Å²) < 4.78 is 1.73. The zero-order valence-electron chi connectivity index (χ0n) is 12.7. The lowest BCUT2D eigenvalue weighted by Crippen LogP contribution is -2.29. The van der Waals surface area contributed by atoms with E-state index in [9.17, 15) is 9.90 Å². The molecule has 2 heterocycles. The fourth-order valence-electron chi connectivity index (χ4n) is 3.60. The number of anilines is 2. The SMILES string of the molecule is CC1CCCCC1n1c(-c2c(CO)c[nH]c2N)c(N)[nH]c1=O. The quantitative estimate of drug-likeness (QED) is 0.590. The standard InChI is InChI=1S/C15H23N5O2/c1-8-4-2-3-5-10(8)20-12(14(17)19-15(20)22)11-9(7-21)6-18-13(11)16/h6,8,10,18,21H,2-5,7,16-17H2,1H3,(H,19,22). The Labute approximate surface area is 128 Å². The van der Waals surface area contributed by atoms with Crippen LogP contribution in [0.15, 0.2) is 11.0 Å². The number of nitrogens with zero attached hydrogens (tertiary/aromatic N) is 1. The molecule has 2 unspecified atom stereocenters. The topological polar surface area (TPSA) is 126 Å². The number of nitrogen functional groups attached to an aromatic ring is 2. The summed E-state index contributed by atoms with van der Waals surface area (Å²) in [4.78, 5) is 18.0. The molecule has 2 atom stereocenters. The first-order chi connectivity index (χ1) is 10.5. The maximum Gasteiger partial charge on any atom is 0.327 e. The molecule has 0 radical (unpaired) electrons. The normalized spacial score (nSPS) is 22.1. The lowest BCUT2D eigenvalue weighted by atomic mass is 9.85. The van der Waals surface area contributed by atoms with Gasteiger partial charge in [-0.3, -0.25) is 9.55 Å². The lowest BCUT2D eigenvalue weighted by Gasteiger charge is -2.30. The van der Waals surface area contributed by atoms with Crippen molar-refractivity contribution in [1.82, 2.24) is 14.5 Å². The van der Waals surface area contributed by atoms with Crippen LogP contribution >= 0.6 is 0 Å². The highest BCUT2D eigenvalue weighted by molar-refractivity contribution is 5.82. The van der Waals surface area contributed by atoms with E-state index < -0.39 is 0 Å². The molecule has 2 aromatic heterocycles. The van der Waals surface area contributed by atoms with E-state index in [1.807, 2.05) is 0 Å². The summed E-state index contributed by atoms with van der Waals surface area (Å²) in [5, 5.41) is 9.53. The molecule has 22 heavy (non-hydrogen) atoms. The maximum atomic E-state index is 12.4. The van der Waals surface area contributed by atoms with Crippen LogP contribution in [0.4, 0.5) is 11.6 Å². The third-order valence-electron chi connectivity index (χ3n) is 4.75. The summed E-state index contributed by atoms with van der Waals surface area (Å²) in [5.41, 5.74) is 13.7. The van der Waals surface area contributed by atoms with Crippen molar-refractivity contribution in [3.05, 3.63) is 22.2 Å². The Morgan fingerprint density at radius 1 is 1.32 bits per heavy atom. The van der Waals surface area contributed by atoms with E-state index in [2.05, 4.69) is 16.9 Å². The summed E-state index contributed by atoms with van der Waals surface area (Å²) in [6.45, 7) is 2.00. The molecule has 0 amide bonds. The van der Waals surface area contributed by atoms with Crippen LogP contribution in [0.3, 0.4) is 0 Å². The van der Waals surface area contributed by atoms with Crippen molar-refractivity contribution in [1.29, 1.82) is 0 Å². The number of aromatic amines is 2. The minimum Gasteiger partial charge on any atom is -0.392 e. The first-order valence-electron chi connectivity index (χ1n) is 7.71. The smallest absolute Gasteiger partial charge is 0.327 e. The number of imidazole rings is 1. The Kier molecular flexibility index (Phi) is 3.74. The monoisotopic (exact) mass is 305 g/mol. The van der Waals surface area contributed by atoms with Crippen LogP contribution in [0.25, 0.3) is 11.3 Å². The summed E-state index contributed by atoms with van der Waals surface area (Å²) in [6.07, 6.45) is 5.98. The lowest BCUT2D eigenvalue weighted by molar-refractivity contribution is 0.254. The van der Waals surface area contributed by atoms with E-state index in [1.165, 1.54) is 6.42 Å². The highest BCUT2D eigenvalue weighted by atomic mass is 16.3. The minimum atomic E-state index is -0.212. The van der Waals surface area contributed by atoms with E-state index in [1.54, 1.807) is 10.8 Å². The highest BCUT2D eigenvalue weighted by Crippen LogP contribution is 2.39. The molecule has 0 bridgehead atoms. The molecule has 1 aliphatic rings. The number of aromatic nitrogens is 3. The van der Waals surface area contributed by atoms with Gasteiger partial charge in [-0.2, -0.15) is 0 Å². The molecule has 0 spiro atoms. The van der Waals surface area contributed by atoms with Gasteiger partial charge in [0, 0.05) is 23.4 Å². The Bertz CT molecular complexity index is 727. The molecule has 1 saturated carbocycles. The fraction of sp³-hybridized carbons (Fsp3) is 0.533. The second-order valence-electron chi connectivity index (χ2n) is 6.15. The Balaban J connectivity index is 2.20. The van der Waals surface area contributed by atoms with Crippen molar-refractivity contribution >= 4 is 11.6 Å². The number of hydrogen-bond acceptors (Lipinski definition) is 4. The highest BCUT2D eigenvalue weighted by Gasteiger charge is 2.30. The second kappa shape index (κ2) is 5.57. The van der Waals surface area contributed by atoms with Crippen LogP contribution < -0.4 is 17.2 Å². The van der Waals surface area contributed by atoms with Crippen LogP contribution in [-0.4, -0.2) is 19.6 Å². The van der Waals surface area contributed by atoms with Crippen molar-refractivity contribution in [3.63, 3.8) is 0 Å². The van der Waals surface area contributed by atoms with Crippen molar-refractivity contribution in [3.8, 4) is 11.3 Å². The zero-order chi connectivity index (χ0) is 15.9. The van der Waals surface area contributed by atoms with Gasteiger partial charge >= 0.3 is 5.69 Å². The van der Waals surface area contributed by atoms with E-state index in [0.717, 1.165) is 19.3 Å². The van der Waals surface area contributed by atoms with Gasteiger partial charge in [0.05, 0.1) is 12.3 Å². The van der Waals surface area contributed by atoms with Crippen LogP contribution in [0.1, 0.15) is 44.2 Å². The van der Waals surface area contributed by atoms with Gasteiger partial charge in [-0.1, -0.05) is 19.8 Å². The molecule has 2 aromatic rings. The largest absolute Gasteiger partial charge is 0.392 e. The van der Waals surface area contributed by atoms with Gasteiger partial charge in [0.15, 0.2) is 0 Å². The van der Waals surface area contributed by atoms with E-state index >= 15 is 0 Å². The van der Waals surface area contributed by atoms with Gasteiger partial charge in [0.25, 0.3) is 0 Å². The van der Waals surface area contributed by atoms with E-state index in [-0.39, 0.29) is 18.3 Å². The number of nitrogens with one attached hydrogen (secondary N) is 2. The molecule has 1 fully saturated rings. The molecule has 0 aliphatic heterocycles. The molecule has 120 valence electrons. The summed E-state index contributed by atoms with van der Waals surface area (Å²) >= 11 is 0. The number of aliphatic hydroxyl groups excluding tert-OH is 1. The van der Waals surface area contributed by atoms with Crippen LogP contribution in [0.5, 0.6) is 0 Å². The molecular formula is C15H23N5O2. The summed E-state index contributed by atoms with van der Waals surface area (Å²) in [5.74, 6) is 1.11. The predicted octanol–water partition coefficient (Wildman–Crippen LogP) is 1.58. The molecule has 3 rings (SSSR count). The Hall–Kier alpha value is -2.15. The third-order valence-corrected chi connectivity index (χ3v) is 4.75. The van der Waals surface area contributed by atoms with E-state index in [0.29, 0.717) is 34.4 Å². The number of nitrogens with two attached hydrogens (primary N) is 2. The zero-order valence-corrected chi connectivity index (χ0v) is 12.7. The molecule has 1 aliphatic carbocycles. The van der Waals surface area contributed by atoms with Crippen LogP contribution in [0, 0.1) is 5.92 Å². The Morgan fingerprint density at radius 2 is 2.05 bits per heavy atom. The molecule has 7 heteroatoms. The van der Waals surface area contributed by atoms with Gasteiger partial charge in [-0.05, 0) is 18.8 Å². The summed E-state index contributed by atoms with van der Waals surface area (Å²) in [7, 11) is 0. The maximum absolute atomic E-state index is 12.4. The molecule has 0 aromatic carbocycles. The predicted molar refractivity (Wildman–Crippen MR) is 86.3 cm³/mol. The fourth-order valence-corrected chi connectivity index (χ4v) is 3.60. The van der Waals surface area contributed by atoms with Crippen molar-refractivity contribution in [2.24, 2.45) is 5.92 Å². The van der Waals surface area contributed by atoms with Gasteiger partial charge in [0.1, 0.15) is 11.6 Å². The molecular weight excluding hydrogens is 282 g/mol. The number of H-pyrrole nitrogens is 2. The van der Waals surface area contributed by atoms with Gasteiger partial charge in [-0.15, -0.1) is 0 Å². The van der Waals surface area contributed by atoms with Crippen molar-refractivity contribution in [2.45, 2.75) is 45.3 Å². The third kappa shape index (κ3) is 2.21. The van der Waals surface area contributed by atoms with E-state index in [4.69, 9.17) is 11.5 Å². The second-order valence-corrected chi connectivity index (χ2v) is 6.15. The Morgan fingerprint density at radius 3 is 2.73 bits per heavy atom. The average Bonchev–Trinajstić information content (AvgIpc) is 2.99. The minimum absolute atomic E-state index is 0.102. The summed E-state index contributed by atoms with van der Waals surface area (Å²) in [6, 6.07) is 0.102. The number of rotatable bonds is 3. The van der Waals surface area contributed by atoms with Crippen LogP contribution in [0.2, 0.25) is 0 Å². The molecule has 0 saturated heterocycles. The van der Waals surface area contributed by atoms with Crippen molar-refractivity contribution in [2.75, 3.05) is 11.5 Å². The number of hydrogen-bond donors (Lipinski definition) is 5. The van der Waals surface area contributed by atoms with Crippen molar-refractivity contribution < 1.29 is 5.11 Å². The number of aliphatic hydroxyl groups is 1. The molecule has 7 nitrogen and oxygen atoms in total. The first-order valence-corrected chi connectivity index (χ1v) is 7.71. The first kappa shape index (κ1) is 14.8. The van der Waals surface area contributed by atoms with Gasteiger partial charge in [-0.25, -0.2) is 4.79 Å². The van der Waals surface area contributed by atoms with Crippen LogP contribution in [-0.2, 0) is 6.61 Å². The molecule has 7 N–H and O–H groups in total.